The molecule has 0 spiro atoms. The van der Waals surface area contributed by atoms with E-state index in [0.717, 1.165) is 49.9 Å². The largest absolute Gasteiger partial charge is 0.352 e. The van der Waals surface area contributed by atoms with Gasteiger partial charge in [0.1, 0.15) is 0 Å². The van der Waals surface area contributed by atoms with Gasteiger partial charge < -0.3 is 11.1 Å². The fourth-order valence-electron chi connectivity index (χ4n) is 2.26. The molecule has 0 fully saturated rings. The highest BCUT2D eigenvalue weighted by Crippen LogP contribution is 2.25. The maximum atomic E-state index is 12.3. The highest BCUT2D eigenvalue weighted by Gasteiger charge is 2.20. The molecule has 0 unspecified atom stereocenters. The van der Waals surface area contributed by atoms with Gasteiger partial charge in [0.25, 0.3) is 5.91 Å². The molecule has 0 saturated carbocycles. The highest BCUT2D eigenvalue weighted by molar-refractivity contribution is 5.96. The third-order valence-corrected chi connectivity index (χ3v) is 3.40. The summed E-state index contributed by atoms with van der Waals surface area (Å²) in [5.41, 5.74) is 7.33. The Morgan fingerprint density at radius 2 is 1.75 bits per heavy atom. The lowest BCUT2D eigenvalue weighted by Crippen LogP contribution is -2.28. The summed E-state index contributed by atoms with van der Waals surface area (Å²) in [5, 5.41) is 3.02. The van der Waals surface area contributed by atoms with Crippen LogP contribution in [0.4, 0.5) is 0 Å². The lowest BCUT2D eigenvalue weighted by atomic mass is 9.83. The summed E-state index contributed by atoms with van der Waals surface area (Å²) in [6, 6.07) is 7.86. The number of carbonyl (C=O) groups is 1. The Morgan fingerprint density at radius 1 is 1.10 bits per heavy atom. The number of hydrogen-bond acceptors (Lipinski definition) is 2. The Kier molecular flexibility index (Phi) is 6.73. The van der Waals surface area contributed by atoms with Gasteiger partial charge in [0, 0.05) is 12.1 Å². The number of hydrogen-bond donors (Lipinski definition) is 2. The first-order chi connectivity index (χ1) is 9.46. The summed E-state index contributed by atoms with van der Waals surface area (Å²) < 4.78 is 0. The minimum Gasteiger partial charge on any atom is -0.352 e. The van der Waals surface area contributed by atoms with E-state index in [0.29, 0.717) is 0 Å². The number of nitrogens with one attached hydrogen (secondary N) is 1. The first-order valence-corrected chi connectivity index (χ1v) is 7.54. The molecule has 112 valence electrons. The third kappa shape index (κ3) is 5.33. The van der Waals surface area contributed by atoms with Gasteiger partial charge in [0.15, 0.2) is 0 Å². The smallest absolute Gasteiger partial charge is 0.251 e. The zero-order chi connectivity index (χ0) is 15.0. The van der Waals surface area contributed by atoms with E-state index in [1.165, 1.54) is 0 Å². The van der Waals surface area contributed by atoms with Crippen molar-refractivity contribution in [3.8, 4) is 0 Å². The van der Waals surface area contributed by atoms with E-state index in [2.05, 4.69) is 26.1 Å². The third-order valence-electron chi connectivity index (χ3n) is 3.40. The predicted molar refractivity (Wildman–Crippen MR) is 85.0 cm³/mol. The van der Waals surface area contributed by atoms with Crippen molar-refractivity contribution < 1.29 is 4.79 Å². The summed E-state index contributed by atoms with van der Waals surface area (Å²) in [6.45, 7) is 7.89. The first-order valence-electron chi connectivity index (χ1n) is 7.54. The maximum absolute atomic E-state index is 12.3. The monoisotopic (exact) mass is 276 g/mol. The van der Waals surface area contributed by atoms with Crippen LogP contribution in [0.5, 0.6) is 0 Å². The van der Waals surface area contributed by atoms with Crippen LogP contribution in [0.15, 0.2) is 24.3 Å². The molecule has 0 radical (unpaired) electrons. The summed E-state index contributed by atoms with van der Waals surface area (Å²) in [5.74, 6) is 0.0364. The minimum atomic E-state index is -0.0188. The van der Waals surface area contributed by atoms with Crippen molar-refractivity contribution in [2.45, 2.75) is 51.9 Å². The van der Waals surface area contributed by atoms with Gasteiger partial charge in [-0.05, 0) is 36.4 Å². The van der Waals surface area contributed by atoms with Crippen molar-refractivity contribution >= 4 is 5.91 Å². The van der Waals surface area contributed by atoms with E-state index in [1.807, 2.05) is 24.3 Å². The van der Waals surface area contributed by atoms with Crippen LogP contribution in [0.2, 0.25) is 0 Å². The molecule has 1 rings (SSSR count). The number of rotatable bonds is 7. The molecule has 0 aliphatic carbocycles. The zero-order valence-corrected chi connectivity index (χ0v) is 13.0. The molecule has 0 aromatic heterocycles. The molecule has 0 atom stereocenters. The second-order valence-corrected chi connectivity index (χ2v) is 6.25. The molecule has 0 aliphatic heterocycles. The second-order valence-electron chi connectivity index (χ2n) is 6.25. The van der Waals surface area contributed by atoms with Crippen LogP contribution >= 0.6 is 0 Å². The molecule has 0 aliphatic rings. The van der Waals surface area contributed by atoms with Gasteiger partial charge in [-0.15, -0.1) is 0 Å². The molecular formula is C17H28N2O. The zero-order valence-electron chi connectivity index (χ0n) is 13.0. The van der Waals surface area contributed by atoms with E-state index in [4.69, 9.17) is 5.73 Å². The first kappa shape index (κ1) is 16.7. The van der Waals surface area contributed by atoms with Crippen molar-refractivity contribution in [1.82, 2.24) is 5.32 Å². The van der Waals surface area contributed by atoms with Gasteiger partial charge in [-0.1, -0.05) is 51.8 Å². The second kappa shape index (κ2) is 8.05. The molecule has 1 aromatic rings. The predicted octanol–water partition coefficient (Wildman–Crippen LogP) is 3.23. The van der Waals surface area contributed by atoms with Crippen molar-refractivity contribution in [1.29, 1.82) is 0 Å². The van der Waals surface area contributed by atoms with Gasteiger partial charge in [0.2, 0.25) is 0 Å². The molecule has 0 heterocycles. The topological polar surface area (TPSA) is 55.1 Å². The Bertz CT molecular complexity index is 421. The van der Waals surface area contributed by atoms with E-state index < -0.39 is 0 Å². The van der Waals surface area contributed by atoms with E-state index in [1.54, 1.807) is 0 Å². The van der Waals surface area contributed by atoms with Crippen LogP contribution in [0, 0.1) is 0 Å². The average molecular weight is 276 g/mol. The van der Waals surface area contributed by atoms with Crippen LogP contribution in [0.25, 0.3) is 0 Å². The molecule has 1 amide bonds. The van der Waals surface area contributed by atoms with E-state index >= 15 is 0 Å². The molecule has 0 bridgehead atoms. The van der Waals surface area contributed by atoms with E-state index in [-0.39, 0.29) is 11.3 Å². The number of benzene rings is 1. The van der Waals surface area contributed by atoms with Crippen molar-refractivity contribution in [3.05, 3.63) is 35.4 Å². The number of nitrogens with two attached hydrogens (primary N) is 1. The lowest BCUT2D eigenvalue weighted by Gasteiger charge is -2.22. The fourth-order valence-corrected chi connectivity index (χ4v) is 2.26. The fraction of sp³-hybridized carbons (Fsp3) is 0.588. The normalized spacial score (nSPS) is 11.4. The van der Waals surface area contributed by atoms with Crippen molar-refractivity contribution in [2.75, 3.05) is 13.1 Å². The summed E-state index contributed by atoms with van der Waals surface area (Å²) in [6.07, 6.45) is 4.35. The SMILES string of the molecule is CC(C)(C)c1ccccc1C(=O)NCCCCCCN. The van der Waals surface area contributed by atoms with Gasteiger partial charge >= 0.3 is 0 Å². The molecule has 3 heteroatoms. The standard InChI is InChI=1S/C17H28N2O/c1-17(2,3)15-11-7-6-10-14(15)16(20)19-13-9-5-4-8-12-18/h6-7,10-11H,4-5,8-9,12-13,18H2,1-3H3,(H,19,20). The Balaban J connectivity index is 2.52. The Labute approximate surface area is 122 Å². The lowest BCUT2D eigenvalue weighted by molar-refractivity contribution is 0.0950. The van der Waals surface area contributed by atoms with Crippen molar-refractivity contribution in [3.63, 3.8) is 0 Å². The molecule has 0 saturated heterocycles. The van der Waals surface area contributed by atoms with Crippen LogP contribution in [-0.4, -0.2) is 19.0 Å². The van der Waals surface area contributed by atoms with Crippen LogP contribution < -0.4 is 11.1 Å². The number of unbranched alkanes of at least 4 members (excludes halogenated alkanes) is 3. The number of amides is 1. The number of carbonyl (C=O) groups excluding carboxylic acids is 1. The Hall–Kier alpha value is -1.35. The van der Waals surface area contributed by atoms with Crippen molar-refractivity contribution in [2.24, 2.45) is 5.73 Å². The van der Waals surface area contributed by atoms with Gasteiger partial charge in [-0.3, -0.25) is 4.79 Å². The summed E-state index contributed by atoms with van der Waals surface area (Å²) >= 11 is 0. The molecule has 20 heavy (non-hydrogen) atoms. The minimum absolute atomic E-state index is 0.0188. The molecular weight excluding hydrogens is 248 g/mol. The van der Waals surface area contributed by atoms with Gasteiger partial charge in [0.05, 0.1) is 0 Å². The summed E-state index contributed by atoms with van der Waals surface area (Å²) in [4.78, 5) is 12.3. The maximum Gasteiger partial charge on any atom is 0.251 e. The van der Waals surface area contributed by atoms with E-state index in [9.17, 15) is 4.79 Å². The van der Waals surface area contributed by atoms with Crippen LogP contribution in [0.1, 0.15) is 62.4 Å². The quantitative estimate of drug-likeness (QED) is 0.751. The highest BCUT2D eigenvalue weighted by atomic mass is 16.1. The van der Waals surface area contributed by atoms with Crippen LogP contribution in [0.3, 0.4) is 0 Å². The van der Waals surface area contributed by atoms with Crippen LogP contribution in [-0.2, 0) is 5.41 Å². The summed E-state index contributed by atoms with van der Waals surface area (Å²) in [7, 11) is 0. The molecule has 3 nitrogen and oxygen atoms in total. The average Bonchev–Trinajstić information content (AvgIpc) is 2.41. The molecule has 1 aromatic carbocycles. The Morgan fingerprint density at radius 3 is 2.40 bits per heavy atom. The molecule has 3 N–H and O–H groups in total. The van der Waals surface area contributed by atoms with Gasteiger partial charge in [-0.25, -0.2) is 0 Å². The van der Waals surface area contributed by atoms with Gasteiger partial charge in [-0.2, -0.15) is 0 Å².